The van der Waals surface area contributed by atoms with Crippen molar-refractivity contribution in [2.45, 2.75) is 24.9 Å². The minimum atomic E-state index is 0.833. The molecule has 0 radical (unpaired) electrons. The van der Waals surface area contributed by atoms with E-state index in [0.29, 0.717) is 0 Å². The first-order valence-electron chi connectivity index (χ1n) is 5.48. The highest BCUT2D eigenvalue weighted by molar-refractivity contribution is 7.99. The number of rotatable bonds is 1. The summed E-state index contributed by atoms with van der Waals surface area (Å²) in [4.78, 5) is 2.72. The summed E-state index contributed by atoms with van der Waals surface area (Å²) in [5.74, 6) is 3.73. The van der Waals surface area contributed by atoms with Crippen molar-refractivity contribution in [3.05, 3.63) is 0 Å². The molecule has 1 N–H and O–H groups in total. The van der Waals surface area contributed by atoms with Gasteiger partial charge in [0.1, 0.15) is 0 Å². The molecule has 3 aliphatic rings. The van der Waals surface area contributed by atoms with Gasteiger partial charge >= 0.3 is 0 Å². The molecule has 1 aliphatic carbocycles. The van der Waals surface area contributed by atoms with Gasteiger partial charge in [-0.05, 0) is 18.8 Å². The number of fused-ring (bicyclic) bond motifs is 1. The fourth-order valence-corrected chi connectivity index (χ4v) is 3.67. The van der Waals surface area contributed by atoms with E-state index in [2.05, 4.69) is 22.0 Å². The summed E-state index contributed by atoms with van der Waals surface area (Å²) in [6.07, 6.45) is 2.95. The molecule has 2 heterocycles. The number of nitrogens with one attached hydrogen (secondary N) is 1. The van der Waals surface area contributed by atoms with E-state index in [0.717, 1.165) is 18.0 Å². The van der Waals surface area contributed by atoms with Crippen LogP contribution >= 0.6 is 11.8 Å². The second-order valence-electron chi connectivity index (χ2n) is 4.58. The third kappa shape index (κ3) is 1.74. The number of nitrogens with zero attached hydrogens (tertiary/aromatic N) is 1. The zero-order chi connectivity index (χ0) is 8.67. The zero-order valence-electron chi connectivity index (χ0n) is 8.04. The third-order valence-corrected chi connectivity index (χ3v) is 4.68. The summed E-state index contributed by atoms with van der Waals surface area (Å²) in [7, 11) is 0. The van der Waals surface area contributed by atoms with Crippen LogP contribution in [0.4, 0.5) is 0 Å². The van der Waals surface area contributed by atoms with Gasteiger partial charge in [-0.3, -0.25) is 4.90 Å². The molecule has 2 saturated heterocycles. The Morgan fingerprint density at radius 3 is 3.08 bits per heavy atom. The third-order valence-electron chi connectivity index (χ3n) is 3.59. The lowest BCUT2D eigenvalue weighted by molar-refractivity contribution is 0.139. The smallest absolute Gasteiger partial charge is 0.0312 e. The van der Waals surface area contributed by atoms with E-state index in [-0.39, 0.29) is 0 Å². The molecule has 74 valence electrons. The van der Waals surface area contributed by atoms with Crippen molar-refractivity contribution in [1.82, 2.24) is 10.2 Å². The molecule has 3 fully saturated rings. The van der Waals surface area contributed by atoms with Gasteiger partial charge in [0.05, 0.1) is 0 Å². The average molecular weight is 198 g/mol. The SMILES string of the molecule is C1CN2CC(C3CC3)NCC2CS1. The standard InChI is InChI=1S/C10H18N2S/c1-2-8(1)10-6-12-3-4-13-7-9(12)5-11-10/h8-11H,1-7H2. The summed E-state index contributed by atoms with van der Waals surface area (Å²) in [6.45, 7) is 3.91. The van der Waals surface area contributed by atoms with Gasteiger partial charge in [-0.1, -0.05) is 0 Å². The number of hydrogen-bond acceptors (Lipinski definition) is 3. The van der Waals surface area contributed by atoms with Gasteiger partial charge < -0.3 is 5.32 Å². The molecule has 0 bridgehead atoms. The van der Waals surface area contributed by atoms with Crippen LogP contribution < -0.4 is 5.32 Å². The molecule has 0 aromatic heterocycles. The van der Waals surface area contributed by atoms with Crippen molar-refractivity contribution >= 4 is 11.8 Å². The topological polar surface area (TPSA) is 15.3 Å². The largest absolute Gasteiger partial charge is 0.311 e. The molecule has 1 saturated carbocycles. The van der Waals surface area contributed by atoms with Gasteiger partial charge in [-0.25, -0.2) is 0 Å². The van der Waals surface area contributed by atoms with E-state index < -0.39 is 0 Å². The Kier molecular flexibility index (Phi) is 2.27. The van der Waals surface area contributed by atoms with Gasteiger partial charge in [0.15, 0.2) is 0 Å². The molecule has 0 amide bonds. The van der Waals surface area contributed by atoms with Crippen molar-refractivity contribution < 1.29 is 0 Å². The highest BCUT2D eigenvalue weighted by Gasteiger charge is 2.37. The Morgan fingerprint density at radius 2 is 2.23 bits per heavy atom. The Morgan fingerprint density at radius 1 is 1.31 bits per heavy atom. The number of piperazine rings is 1. The molecular weight excluding hydrogens is 180 g/mol. The average Bonchev–Trinajstić information content (AvgIpc) is 3.00. The van der Waals surface area contributed by atoms with Crippen molar-refractivity contribution in [2.75, 3.05) is 31.1 Å². The van der Waals surface area contributed by atoms with Gasteiger partial charge in [-0.15, -0.1) is 0 Å². The molecule has 2 nitrogen and oxygen atoms in total. The Bertz CT molecular complexity index is 193. The van der Waals surface area contributed by atoms with Crippen molar-refractivity contribution in [1.29, 1.82) is 0 Å². The van der Waals surface area contributed by atoms with Crippen LogP contribution in [0.1, 0.15) is 12.8 Å². The van der Waals surface area contributed by atoms with Crippen LogP contribution in [-0.4, -0.2) is 48.1 Å². The molecule has 2 atom stereocenters. The maximum absolute atomic E-state index is 3.73. The Hall–Kier alpha value is 0.270. The maximum Gasteiger partial charge on any atom is 0.0312 e. The Labute approximate surface area is 84.4 Å². The first kappa shape index (κ1) is 8.57. The quantitative estimate of drug-likeness (QED) is 0.670. The van der Waals surface area contributed by atoms with E-state index in [1.807, 2.05) is 0 Å². The van der Waals surface area contributed by atoms with Crippen LogP contribution in [0.3, 0.4) is 0 Å². The minimum Gasteiger partial charge on any atom is -0.311 e. The highest BCUT2D eigenvalue weighted by Crippen LogP contribution is 2.34. The van der Waals surface area contributed by atoms with Crippen molar-refractivity contribution in [2.24, 2.45) is 5.92 Å². The lowest BCUT2D eigenvalue weighted by atomic mass is 10.1. The first-order chi connectivity index (χ1) is 6.43. The van der Waals surface area contributed by atoms with Crippen LogP contribution in [0.25, 0.3) is 0 Å². The summed E-state index contributed by atoms with van der Waals surface area (Å²) < 4.78 is 0. The molecule has 0 spiro atoms. The van der Waals surface area contributed by atoms with Crippen LogP contribution in [0.2, 0.25) is 0 Å². The Balaban J connectivity index is 1.62. The predicted molar refractivity (Wildman–Crippen MR) is 57.2 cm³/mol. The van der Waals surface area contributed by atoms with E-state index in [9.17, 15) is 0 Å². The normalized spacial score (nSPS) is 41.5. The maximum atomic E-state index is 3.73. The molecular formula is C10H18N2S. The summed E-state index contributed by atoms with van der Waals surface area (Å²) in [6, 6.07) is 1.67. The van der Waals surface area contributed by atoms with Crippen LogP contribution in [0.5, 0.6) is 0 Å². The van der Waals surface area contributed by atoms with Gasteiger partial charge in [0.25, 0.3) is 0 Å². The summed E-state index contributed by atoms with van der Waals surface area (Å²) in [5, 5.41) is 3.73. The fourth-order valence-electron chi connectivity index (χ4n) is 2.54. The van der Waals surface area contributed by atoms with Crippen LogP contribution in [0.15, 0.2) is 0 Å². The van der Waals surface area contributed by atoms with Gasteiger partial charge in [0, 0.05) is 43.2 Å². The minimum absolute atomic E-state index is 0.833. The van der Waals surface area contributed by atoms with E-state index >= 15 is 0 Å². The second kappa shape index (κ2) is 3.44. The highest BCUT2D eigenvalue weighted by atomic mass is 32.2. The van der Waals surface area contributed by atoms with Crippen molar-refractivity contribution in [3.8, 4) is 0 Å². The summed E-state index contributed by atoms with van der Waals surface area (Å²) in [5.41, 5.74) is 0. The van der Waals surface area contributed by atoms with E-state index in [4.69, 9.17) is 0 Å². The monoisotopic (exact) mass is 198 g/mol. The van der Waals surface area contributed by atoms with Gasteiger partial charge in [-0.2, -0.15) is 11.8 Å². The molecule has 13 heavy (non-hydrogen) atoms. The van der Waals surface area contributed by atoms with E-state index in [1.165, 1.54) is 44.0 Å². The first-order valence-corrected chi connectivity index (χ1v) is 6.64. The molecule has 2 aliphatic heterocycles. The molecule has 3 heteroatoms. The molecule has 0 aromatic carbocycles. The molecule has 0 aromatic rings. The van der Waals surface area contributed by atoms with Crippen LogP contribution in [-0.2, 0) is 0 Å². The predicted octanol–water partition coefficient (Wildman–Crippen LogP) is 0.786. The zero-order valence-corrected chi connectivity index (χ0v) is 8.85. The number of thioether (sulfide) groups is 1. The lowest BCUT2D eigenvalue weighted by Crippen LogP contribution is -2.59. The fraction of sp³-hybridized carbons (Fsp3) is 1.00. The van der Waals surface area contributed by atoms with E-state index in [1.54, 1.807) is 0 Å². The van der Waals surface area contributed by atoms with Crippen molar-refractivity contribution in [3.63, 3.8) is 0 Å². The summed E-state index contributed by atoms with van der Waals surface area (Å²) >= 11 is 2.12. The second-order valence-corrected chi connectivity index (χ2v) is 5.73. The number of hydrogen-bond donors (Lipinski definition) is 1. The van der Waals surface area contributed by atoms with Crippen LogP contribution in [0, 0.1) is 5.92 Å². The molecule has 3 rings (SSSR count). The molecule has 2 unspecified atom stereocenters. The lowest BCUT2D eigenvalue weighted by Gasteiger charge is -2.43. The van der Waals surface area contributed by atoms with Gasteiger partial charge in [0.2, 0.25) is 0 Å².